The second-order valence-electron chi connectivity index (χ2n) is 3.41. The summed E-state index contributed by atoms with van der Waals surface area (Å²) in [4.78, 5) is 10.8. The summed E-state index contributed by atoms with van der Waals surface area (Å²) in [6.45, 7) is 0.408. The van der Waals surface area contributed by atoms with Gasteiger partial charge in [-0.05, 0) is 29.9 Å². The fourth-order valence-electron chi connectivity index (χ4n) is 1.29. The third-order valence-electron chi connectivity index (χ3n) is 2.18. The molecule has 0 fully saturated rings. The first-order valence-electron chi connectivity index (χ1n) is 4.95. The predicted molar refractivity (Wildman–Crippen MR) is 63.1 cm³/mol. The van der Waals surface area contributed by atoms with Crippen LogP contribution in [-0.4, -0.2) is 22.9 Å². The Hall–Kier alpha value is -1.07. The maximum Gasteiger partial charge on any atom is 0.320 e. The molecule has 88 valence electrons. The average molecular weight is 243 g/mol. The van der Waals surface area contributed by atoms with E-state index in [2.05, 4.69) is 17.9 Å². The molecule has 1 aromatic rings. The molecular formula is C11H14FNO2S. The van der Waals surface area contributed by atoms with Gasteiger partial charge in [-0.25, -0.2) is 4.39 Å². The highest BCUT2D eigenvalue weighted by Crippen LogP contribution is 2.03. The Morgan fingerprint density at radius 2 is 2.06 bits per heavy atom. The molecule has 16 heavy (non-hydrogen) atoms. The topological polar surface area (TPSA) is 49.3 Å². The van der Waals surface area contributed by atoms with E-state index in [0.717, 1.165) is 5.56 Å². The Labute approximate surface area is 99.1 Å². The van der Waals surface area contributed by atoms with Crippen LogP contribution in [0.4, 0.5) is 4.39 Å². The minimum Gasteiger partial charge on any atom is -0.480 e. The van der Waals surface area contributed by atoms with Crippen LogP contribution in [0, 0.1) is 5.82 Å². The number of carboxylic acid groups (broad SMARTS) is 1. The van der Waals surface area contributed by atoms with Gasteiger partial charge in [0.2, 0.25) is 0 Å². The van der Waals surface area contributed by atoms with Crippen LogP contribution in [0.1, 0.15) is 12.0 Å². The van der Waals surface area contributed by atoms with Gasteiger partial charge in [0.1, 0.15) is 11.9 Å². The number of carbonyl (C=O) groups is 1. The average Bonchev–Trinajstić information content (AvgIpc) is 2.26. The number of hydrogen-bond acceptors (Lipinski definition) is 3. The van der Waals surface area contributed by atoms with Crippen LogP contribution in [-0.2, 0) is 11.3 Å². The van der Waals surface area contributed by atoms with Crippen LogP contribution < -0.4 is 5.32 Å². The molecule has 0 aliphatic heterocycles. The van der Waals surface area contributed by atoms with Crippen molar-refractivity contribution >= 4 is 18.6 Å². The number of rotatable bonds is 6. The van der Waals surface area contributed by atoms with Gasteiger partial charge < -0.3 is 10.4 Å². The summed E-state index contributed by atoms with van der Waals surface area (Å²) >= 11 is 4.00. The predicted octanol–water partition coefficient (Wildman–Crippen LogP) is 1.69. The molecule has 1 aromatic carbocycles. The fraction of sp³-hybridized carbons (Fsp3) is 0.364. The van der Waals surface area contributed by atoms with Crippen molar-refractivity contribution < 1.29 is 14.3 Å². The first-order chi connectivity index (χ1) is 7.63. The van der Waals surface area contributed by atoms with E-state index in [1.807, 2.05) is 0 Å². The summed E-state index contributed by atoms with van der Waals surface area (Å²) in [6, 6.07) is 5.35. The molecule has 0 spiro atoms. The van der Waals surface area contributed by atoms with E-state index in [-0.39, 0.29) is 5.82 Å². The van der Waals surface area contributed by atoms with Gasteiger partial charge in [0.05, 0.1) is 0 Å². The summed E-state index contributed by atoms with van der Waals surface area (Å²) in [6.07, 6.45) is 0.458. The zero-order valence-electron chi connectivity index (χ0n) is 8.69. The van der Waals surface area contributed by atoms with Crippen molar-refractivity contribution in [1.82, 2.24) is 5.32 Å². The molecule has 3 nitrogen and oxygen atoms in total. The molecule has 0 bridgehead atoms. The molecule has 0 radical (unpaired) electrons. The molecule has 0 aromatic heterocycles. The number of carboxylic acids is 1. The Morgan fingerprint density at radius 1 is 1.44 bits per heavy atom. The van der Waals surface area contributed by atoms with Crippen LogP contribution in [0.2, 0.25) is 0 Å². The summed E-state index contributed by atoms with van der Waals surface area (Å²) in [5, 5.41) is 11.8. The van der Waals surface area contributed by atoms with Crippen LogP contribution >= 0.6 is 12.6 Å². The molecule has 0 unspecified atom stereocenters. The van der Waals surface area contributed by atoms with Crippen molar-refractivity contribution in [2.24, 2.45) is 0 Å². The fourth-order valence-corrected chi connectivity index (χ4v) is 1.54. The summed E-state index contributed by atoms with van der Waals surface area (Å²) in [5.74, 6) is -0.682. The van der Waals surface area contributed by atoms with Gasteiger partial charge >= 0.3 is 5.97 Å². The molecule has 0 saturated heterocycles. The molecular weight excluding hydrogens is 229 g/mol. The summed E-state index contributed by atoms with van der Waals surface area (Å²) in [5.41, 5.74) is 0.854. The zero-order chi connectivity index (χ0) is 12.0. The highest BCUT2D eigenvalue weighted by molar-refractivity contribution is 7.80. The molecule has 1 rings (SSSR count). The van der Waals surface area contributed by atoms with Crippen molar-refractivity contribution in [2.75, 3.05) is 5.75 Å². The van der Waals surface area contributed by atoms with Crippen LogP contribution in [0.3, 0.4) is 0 Å². The highest BCUT2D eigenvalue weighted by atomic mass is 32.1. The van der Waals surface area contributed by atoms with Gasteiger partial charge in [0.25, 0.3) is 0 Å². The first kappa shape index (κ1) is 13.0. The number of aliphatic carboxylic acids is 1. The number of hydrogen-bond donors (Lipinski definition) is 3. The van der Waals surface area contributed by atoms with Gasteiger partial charge in [-0.1, -0.05) is 12.1 Å². The minimum atomic E-state index is -0.892. The van der Waals surface area contributed by atoms with Crippen molar-refractivity contribution in [3.63, 3.8) is 0 Å². The monoisotopic (exact) mass is 243 g/mol. The Morgan fingerprint density at radius 3 is 2.56 bits per heavy atom. The molecule has 2 N–H and O–H groups in total. The second-order valence-corrected chi connectivity index (χ2v) is 3.86. The molecule has 0 saturated carbocycles. The van der Waals surface area contributed by atoms with Crippen molar-refractivity contribution in [1.29, 1.82) is 0 Å². The number of benzene rings is 1. The van der Waals surface area contributed by atoms with Crippen molar-refractivity contribution in [3.05, 3.63) is 35.6 Å². The van der Waals surface area contributed by atoms with Crippen molar-refractivity contribution in [3.8, 4) is 0 Å². The number of nitrogens with one attached hydrogen (secondary N) is 1. The minimum absolute atomic E-state index is 0.297. The lowest BCUT2D eigenvalue weighted by atomic mass is 10.2. The van der Waals surface area contributed by atoms with E-state index in [0.29, 0.717) is 18.7 Å². The zero-order valence-corrected chi connectivity index (χ0v) is 9.58. The largest absolute Gasteiger partial charge is 0.480 e. The SMILES string of the molecule is O=C(O)[C@H](CCS)NCc1ccc(F)cc1. The third kappa shape index (κ3) is 4.20. The van der Waals surface area contributed by atoms with Crippen LogP contribution in [0.5, 0.6) is 0 Å². The van der Waals surface area contributed by atoms with Gasteiger partial charge in [0, 0.05) is 6.54 Å². The van der Waals surface area contributed by atoms with Gasteiger partial charge in [-0.15, -0.1) is 0 Å². The van der Waals surface area contributed by atoms with E-state index in [1.54, 1.807) is 12.1 Å². The maximum atomic E-state index is 12.6. The smallest absolute Gasteiger partial charge is 0.320 e. The third-order valence-corrected chi connectivity index (χ3v) is 2.44. The lowest BCUT2D eigenvalue weighted by Crippen LogP contribution is -2.36. The number of halogens is 1. The Balaban J connectivity index is 2.48. The Bertz CT molecular complexity index is 342. The molecule has 0 heterocycles. The lowest BCUT2D eigenvalue weighted by molar-refractivity contribution is -0.139. The summed E-state index contributed by atoms with van der Waals surface area (Å²) in [7, 11) is 0. The van der Waals surface area contributed by atoms with E-state index < -0.39 is 12.0 Å². The van der Waals surface area contributed by atoms with E-state index in [9.17, 15) is 9.18 Å². The summed E-state index contributed by atoms with van der Waals surface area (Å²) < 4.78 is 12.6. The standard InChI is InChI=1S/C11H14FNO2S/c12-9-3-1-8(2-4-9)7-13-10(5-6-16)11(14)15/h1-4,10,13,16H,5-7H2,(H,14,15)/t10-/m0/s1. The van der Waals surface area contributed by atoms with E-state index >= 15 is 0 Å². The van der Waals surface area contributed by atoms with Gasteiger partial charge in [-0.2, -0.15) is 12.6 Å². The highest BCUT2D eigenvalue weighted by Gasteiger charge is 2.14. The van der Waals surface area contributed by atoms with Crippen LogP contribution in [0.15, 0.2) is 24.3 Å². The molecule has 5 heteroatoms. The normalized spacial score (nSPS) is 12.4. The number of thiol groups is 1. The maximum absolute atomic E-state index is 12.6. The van der Waals surface area contributed by atoms with Crippen LogP contribution in [0.25, 0.3) is 0 Å². The van der Waals surface area contributed by atoms with Gasteiger partial charge in [-0.3, -0.25) is 4.79 Å². The molecule has 1 atom stereocenters. The quantitative estimate of drug-likeness (QED) is 0.666. The molecule has 0 aliphatic rings. The lowest BCUT2D eigenvalue weighted by Gasteiger charge is -2.13. The first-order valence-corrected chi connectivity index (χ1v) is 5.58. The van der Waals surface area contributed by atoms with Crippen molar-refractivity contribution in [2.45, 2.75) is 19.0 Å². The Kier molecular flexibility index (Phi) is 5.28. The van der Waals surface area contributed by atoms with Gasteiger partial charge in [0.15, 0.2) is 0 Å². The second kappa shape index (κ2) is 6.50. The van der Waals surface area contributed by atoms with E-state index in [1.165, 1.54) is 12.1 Å². The molecule has 0 amide bonds. The van der Waals surface area contributed by atoms with E-state index in [4.69, 9.17) is 5.11 Å². The molecule has 0 aliphatic carbocycles.